The third-order valence-corrected chi connectivity index (χ3v) is 3.67. The molecule has 1 aliphatic rings. The topological polar surface area (TPSA) is 26.3 Å². The van der Waals surface area contributed by atoms with Crippen molar-refractivity contribution >= 4 is 5.97 Å². The van der Waals surface area contributed by atoms with E-state index in [-0.39, 0.29) is 11.6 Å². The quantitative estimate of drug-likeness (QED) is 0.692. The van der Waals surface area contributed by atoms with Gasteiger partial charge in [0, 0.05) is 6.42 Å². The normalized spacial score (nSPS) is 26.0. The molecule has 1 fully saturated rings. The first-order chi connectivity index (χ1) is 7.79. The lowest BCUT2D eigenvalue weighted by Crippen LogP contribution is -2.30. The third kappa shape index (κ3) is 5.10. The van der Waals surface area contributed by atoms with Gasteiger partial charge in [0.1, 0.15) is 5.60 Å². The van der Waals surface area contributed by atoms with E-state index in [0.29, 0.717) is 24.2 Å². The Bertz CT molecular complexity index is 250. The first-order valence-electron chi connectivity index (χ1n) is 7.01. The standard InChI is InChI=1S/C15H28O2/c1-11(2)13-9-7-6-8-12(13)10-14(16)17-15(3,4)5/h11-13H,6-10H2,1-5H3/t12-,13-/m0/s1. The summed E-state index contributed by atoms with van der Waals surface area (Å²) in [7, 11) is 0. The Morgan fingerprint density at radius 2 is 1.82 bits per heavy atom. The second-order valence-electron chi connectivity index (χ2n) is 6.74. The summed E-state index contributed by atoms with van der Waals surface area (Å²) in [6, 6.07) is 0. The molecule has 0 aromatic heterocycles. The van der Waals surface area contributed by atoms with Gasteiger partial charge in [0.25, 0.3) is 0 Å². The number of carbonyl (C=O) groups is 1. The van der Waals surface area contributed by atoms with E-state index >= 15 is 0 Å². The van der Waals surface area contributed by atoms with Gasteiger partial charge in [-0.3, -0.25) is 4.79 Å². The molecule has 1 saturated carbocycles. The Morgan fingerprint density at radius 3 is 2.35 bits per heavy atom. The van der Waals surface area contributed by atoms with Crippen molar-refractivity contribution in [1.82, 2.24) is 0 Å². The van der Waals surface area contributed by atoms with Crippen LogP contribution >= 0.6 is 0 Å². The number of rotatable bonds is 3. The molecule has 0 bridgehead atoms. The largest absolute Gasteiger partial charge is 0.460 e. The van der Waals surface area contributed by atoms with E-state index in [1.807, 2.05) is 20.8 Å². The second kappa shape index (κ2) is 5.88. The van der Waals surface area contributed by atoms with Gasteiger partial charge < -0.3 is 4.74 Å². The van der Waals surface area contributed by atoms with Crippen molar-refractivity contribution in [2.75, 3.05) is 0 Å². The van der Waals surface area contributed by atoms with Gasteiger partial charge in [0.05, 0.1) is 0 Å². The molecular weight excluding hydrogens is 212 g/mol. The predicted molar refractivity (Wildman–Crippen MR) is 70.7 cm³/mol. The lowest BCUT2D eigenvalue weighted by atomic mass is 9.72. The highest BCUT2D eigenvalue weighted by atomic mass is 16.6. The number of hydrogen-bond donors (Lipinski definition) is 0. The average Bonchev–Trinajstić information content (AvgIpc) is 2.14. The fourth-order valence-electron chi connectivity index (χ4n) is 2.96. The monoisotopic (exact) mass is 240 g/mol. The van der Waals surface area contributed by atoms with E-state index in [9.17, 15) is 4.79 Å². The van der Waals surface area contributed by atoms with Crippen molar-refractivity contribution in [3.63, 3.8) is 0 Å². The first kappa shape index (κ1) is 14.5. The van der Waals surface area contributed by atoms with Gasteiger partial charge >= 0.3 is 5.97 Å². The molecule has 2 atom stereocenters. The molecule has 2 nitrogen and oxygen atoms in total. The molecule has 0 aromatic rings. The fraction of sp³-hybridized carbons (Fsp3) is 0.933. The number of ether oxygens (including phenoxy) is 1. The fourth-order valence-corrected chi connectivity index (χ4v) is 2.96. The van der Waals surface area contributed by atoms with E-state index in [0.717, 1.165) is 0 Å². The molecule has 0 N–H and O–H groups in total. The van der Waals surface area contributed by atoms with Crippen molar-refractivity contribution in [1.29, 1.82) is 0 Å². The van der Waals surface area contributed by atoms with Crippen LogP contribution in [0, 0.1) is 17.8 Å². The van der Waals surface area contributed by atoms with Gasteiger partial charge in [0.2, 0.25) is 0 Å². The molecule has 2 heteroatoms. The molecule has 0 unspecified atom stereocenters. The summed E-state index contributed by atoms with van der Waals surface area (Å²) < 4.78 is 5.43. The van der Waals surface area contributed by atoms with Gasteiger partial charge in [-0.05, 0) is 51.4 Å². The summed E-state index contributed by atoms with van der Waals surface area (Å²) in [4.78, 5) is 11.9. The summed E-state index contributed by atoms with van der Waals surface area (Å²) in [6.45, 7) is 10.4. The maximum atomic E-state index is 11.9. The third-order valence-electron chi connectivity index (χ3n) is 3.67. The minimum absolute atomic E-state index is 0.0185. The Balaban J connectivity index is 2.50. The number of hydrogen-bond acceptors (Lipinski definition) is 2. The van der Waals surface area contributed by atoms with Crippen LogP contribution in [0.4, 0.5) is 0 Å². The zero-order chi connectivity index (χ0) is 13.1. The molecule has 0 aromatic carbocycles. The van der Waals surface area contributed by atoms with Crippen molar-refractivity contribution < 1.29 is 9.53 Å². The van der Waals surface area contributed by atoms with Crippen molar-refractivity contribution in [2.45, 2.75) is 72.3 Å². The molecule has 1 aliphatic carbocycles. The summed E-state index contributed by atoms with van der Waals surface area (Å²) in [6.07, 6.45) is 5.69. The predicted octanol–water partition coefficient (Wildman–Crippen LogP) is 4.18. The van der Waals surface area contributed by atoms with E-state index in [1.165, 1.54) is 25.7 Å². The summed E-state index contributed by atoms with van der Waals surface area (Å²) in [5.41, 5.74) is -0.348. The van der Waals surface area contributed by atoms with Gasteiger partial charge in [0.15, 0.2) is 0 Å². The Labute approximate surface area is 106 Å². The molecule has 0 spiro atoms. The highest BCUT2D eigenvalue weighted by Crippen LogP contribution is 2.37. The van der Waals surface area contributed by atoms with Crippen LogP contribution in [0.5, 0.6) is 0 Å². The van der Waals surface area contributed by atoms with Gasteiger partial charge in [-0.2, -0.15) is 0 Å². The van der Waals surface area contributed by atoms with Gasteiger partial charge in [-0.25, -0.2) is 0 Å². The van der Waals surface area contributed by atoms with E-state index in [4.69, 9.17) is 4.74 Å². The second-order valence-corrected chi connectivity index (χ2v) is 6.74. The van der Waals surface area contributed by atoms with Crippen LogP contribution in [0.15, 0.2) is 0 Å². The Kier molecular flexibility index (Phi) is 5.03. The highest BCUT2D eigenvalue weighted by Gasteiger charge is 2.30. The molecule has 0 radical (unpaired) electrons. The first-order valence-corrected chi connectivity index (χ1v) is 7.01. The SMILES string of the molecule is CC(C)[C@@H]1CCCC[C@H]1CC(=O)OC(C)(C)C. The molecular formula is C15H28O2. The number of esters is 1. The van der Waals surface area contributed by atoms with Gasteiger partial charge in [-0.15, -0.1) is 0 Å². The minimum Gasteiger partial charge on any atom is -0.460 e. The van der Waals surface area contributed by atoms with E-state index in [1.54, 1.807) is 0 Å². The van der Waals surface area contributed by atoms with Crippen LogP contribution in [0.25, 0.3) is 0 Å². The Hall–Kier alpha value is -0.530. The maximum Gasteiger partial charge on any atom is 0.306 e. The van der Waals surface area contributed by atoms with E-state index < -0.39 is 0 Å². The molecule has 0 heterocycles. The number of carbonyl (C=O) groups excluding carboxylic acids is 1. The average molecular weight is 240 g/mol. The van der Waals surface area contributed by atoms with Crippen LogP contribution in [-0.4, -0.2) is 11.6 Å². The van der Waals surface area contributed by atoms with Crippen LogP contribution in [0.2, 0.25) is 0 Å². The minimum atomic E-state index is -0.348. The summed E-state index contributed by atoms with van der Waals surface area (Å²) in [5, 5.41) is 0. The highest BCUT2D eigenvalue weighted by molar-refractivity contribution is 5.70. The Morgan fingerprint density at radius 1 is 1.24 bits per heavy atom. The maximum absolute atomic E-state index is 11.9. The molecule has 17 heavy (non-hydrogen) atoms. The van der Waals surface area contributed by atoms with Crippen molar-refractivity contribution in [3.8, 4) is 0 Å². The van der Waals surface area contributed by atoms with Crippen LogP contribution in [0.1, 0.15) is 66.7 Å². The van der Waals surface area contributed by atoms with Crippen LogP contribution < -0.4 is 0 Å². The zero-order valence-corrected chi connectivity index (χ0v) is 12.1. The van der Waals surface area contributed by atoms with Crippen LogP contribution in [0.3, 0.4) is 0 Å². The lowest BCUT2D eigenvalue weighted by Gasteiger charge is -2.34. The summed E-state index contributed by atoms with van der Waals surface area (Å²) in [5.74, 6) is 1.91. The van der Waals surface area contributed by atoms with Crippen LogP contribution in [-0.2, 0) is 9.53 Å². The molecule has 0 amide bonds. The van der Waals surface area contributed by atoms with E-state index in [2.05, 4.69) is 13.8 Å². The molecule has 100 valence electrons. The molecule has 0 saturated heterocycles. The molecule has 1 rings (SSSR count). The zero-order valence-electron chi connectivity index (χ0n) is 12.1. The van der Waals surface area contributed by atoms with Crippen molar-refractivity contribution in [3.05, 3.63) is 0 Å². The smallest absolute Gasteiger partial charge is 0.306 e. The van der Waals surface area contributed by atoms with Gasteiger partial charge in [-0.1, -0.05) is 26.7 Å². The molecule has 0 aliphatic heterocycles. The summed E-state index contributed by atoms with van der Waals surface area (Å²) >= 11 is 0. The van der Waals surface area contributed by atoms with Crippen molar-refractivity contribution in [2.24, 2.45) is 17.8 Å². The lowest BCUT2D eigenvalue weighted by molar-refractivity contribution is -0.156.